The zero-order valence-electron chi connectivity index (χ0n) is 10.6. The predicted octanol–water partition coefficient (Wildman–Crippen LogP) is 2.13. The Labute approximate surface area is 114 Å². The summed E-state index contributed by atoms with van der Waals surface area (Å²) in [6.45, 7) is 1.85. The van der Waals surface area contributed by atoms with E-state index in [1.54, 1.807) is 18.5 Å². The van der Waals surface area contributed by atoms with Gasteiger partial charge in [-0.15, -0.1) is 0 Å². The van der Waals surface area contributed by atoms with Gasteiger partial charge in [-0.05, 0) is 30.7 Å². The molecule has 7 heteroatoms. The maximum atomic E-state index is 11.8. The number of carboxylic acids is 1. The lowest BCUT2D eigenvalue weighted by atomic mass is 10.2. The molecule has 2 rings (SSSR count). The molecule has 2 heterocycles. The van der Waals surface area contributed by atoms with Crippen LogP contribution in [0.5, 0.6) is 0 Å². The van der Waals surface area contributed by atoms with Crippen LogP contribution in [0.15, 0.2) is 36.8 Å². The van der Waals surface area contributed by atoms with Gasteiger partial charge in [0.25, 0.3) is 0 Å². The molecule has 2 aromatic rings. The first kappa shape index (κ1) is 13.5. The maximum absolute atomic E-state index is 11.8. The Hall–Kier alpha value is -2.96. The Kier molecular flexibility index (Phi) is 3.90. The van der Waals surface area contributed by atoms with Gasteiger partial charge in [0.15, 0.2) is 0 Å². The Balaban J connectivity index is 2.01. The van der Waals surface area contributed by atoms with Crippen LogP contribution in [0.2, 0.25) is 0 Å². The second kappa shape index (κ2) is 5.79. The van der Waals surface area contributed by atoms with E-state index in [0.717, 1.165) is 5.56 Å². The number of hydrogen-bond donors (Lipinski definition) is 3. The zero-order chi connectivity index (χ0) is 14.5. The summed E-state index contributed by atoms with van der Waals surface area (Å²) in [6, 6.07) is 4.10. The average Bonchev–Trinajstić information content (AvgIpc) is 2.42. The van der Waals surface area contributed by atoms with Crippen LogP contribution in [-0.4, -0.2) is 27.1 Å². The van der Waals surface area contributed by atoms with Crippen LogP contribution in [0.3, 0.4) is 0 Å². The lowest BCUT2D eigenvalue weighted by molar-refractivity contribution is 0.0690. The van der Waals surface area contributed by atoms with Gasteiger partial charge in [0, 0.05) is 6.20 Å². The van der Waals surface area contributed by atoms with E-state index in [4.69, 9.17) is 5.11 Å². The number of urea groups is 1. The lowest BCUT2D eigenvalue weighted by Gasteiger charge is -2.09. The molecule has 0 saturated carbocycles. The van der Waals surface area contributed by atoms with Crippen molar-refractivity contribution in [1.29, 1.82) is 0 Å². The van der Waals surface area contributed by atoms with Gasteiger partial charge in [0.1, 0.15) is 5.69 Å². The molecule has 20 heavy (non-hydrogen) atoms. The van der Waals surface area contributed by atoms with E-state index in [0.29, 0.717) is 11.4 Å². The molecule has 2 amide bonds. The first-order valence-electron chi connectivity index (χ1n) is 5.74. The van der Waals surface area contributed by atoms with E-state index in [1.165, 1.54) is 18.3 Å². The number of nitrogens with one attached hydrogen (secondary N) is 2. The summed E-state index contributed by atoms with van der Waals surface area (Å²) in [6.07, 6.45) is 4.45. The molecule has 0 radical (unpaired) electrons. The van der Waals surface area contributed by atoms with Crippen molar-refractivity contribution in [3.63, 3.8) is 0 Å². The smallest absolute Gasteiger partial charge is 0.354 e. The number of carboxylic acid groups (broad SMARTS) is 1. The molecule has 3 N–H and O–H groups in total. The number of amides is 2. The number of rotatable bonds is 3. The van der Waals surface area contributed by atoms with Crippen LogP contribution in [0.4, 0.5) is 16.2 Å². The molecular formula is C13H12N4O3. The van der Waals surface area contributed by atoms with E-state index >= 15 is 0 Å². The largest absolute Gasteiger partial charge is 0.477 e. The fraction of sp³-hybridized carbons (Fsp3) is 0.0769. The fourth-order valence-electron chi connectivity index (χ4n) is 1.47. The Morgan fingerprint density at radius 2 is 1.95 bits per heavy atom. The molecule has 0 unspecified atom stereocenters. The minimum Gasteiger partial charge on any atom is -0.477 e. The standard InChI is InChI=1S/C13H12N4O3/c1-8-4-5-14-7-11(8)17-13(20)16-9-2-3-10(12(18)19)15-6-9/h2-7H,1H3,(H,18,19)(H2,16,17,20). The molecule has 0 fully saturated rings. The van der Waals surface area contributed by atoms with Crippen LogP contribution >= 0.6 is 0 Å². The molecule has 0 aliphatic carbocycles. The molecule has 0 atom stereocenters. The SMILES string of the molecule is Cc1ccncc1NC(=O)Nc1ccc(C(=O)O)nc1. The van der Waals surface area contributed by atoms with Gasteiger partial charge in [0.2, 0.25) is 0 Å². The Morgan fingerprint density at radius 3 is 2.55 bits per heavy atom. The average molecular weight is 272 g/mol. The van der Waals surface area contributed by atoms with Crippen LogP contribution in [0.1, 0.15) is 16.1 Å². The predicted molar refractivity (Wildman–Crippen MR) is 72.8 cm³/mol. The third-order valence-electron chi connectivity index (χ3n) is 2.53. The van der Waals surface area contributed by atoms with Crippen molar-refractivity contribution in [1.82, 2.24) is 9.97 Å². The summed E-state index contributed by atoms with van der Waals surface area (Å²) in [7, 11) is 0. The van der Waals surface area contributed by atoms with Crippen LogP contribution in [0.25, 0.3) is 0 Å². The highest BCUT2D eigenvalue weighted by Crippen LogP contribution is 2.12. The van der Waals surface area contributed by atoms with Crippen molar-refractivity contribution in [3.05, 3.63) is 48.0 Å². The number of nitrogens with zero attached hydrogens (tertiary/aromatic N) is 2. The molecule has 0 bridgehead atoms. The van der Waals surface area contributed by atoms with Gasteiger partial charge in [-0.3, -0.25) is 4.98 Å². The van der Waals surface area contributed by atoms with E-state index in [1.807, 2.05) is 6.92 Å². The number of anilines is 2. The van der Waals surface area contributed by atoms with Crippen molar-refractivity contribution in [2.24, 2.45) is 0 Å². The van der Waals surface area contributed by atoms with Gasteiger partial charge in [-0.2, -0.15) is 0 Å². The van der Waals surface area contributed by atoms with Crippen molar-refractivity contribution < 1.29 is 14.7 Å². The maximum Gasteiger partial charge on any atom is 0.354 e. The van der Waals surface area contributed by atoms with Gasteiger partial charge in [-0.1, -0.05) is 0 Å². The Morgan fingerprint density at radius 1 is 1.15 bits per heavy atom. The number of pyridine rings is 2. The summed E-state index contributed by atoms with van der Waals surface area (Å²) < 4.78 is 0. The number of aromatic nitrogens is 2. The van der Waals surface area contributed by atoms with Gasteiger partial charge < -0.3 is 15.7 Å². The summed E-state index contributed by atoms with van der Waals surface area (Å²) in [5, 5.41) is 13.9. The van der Waals surface area contributed by atoms with Gasteiger partial charge in [0.05, 0.1) is 23.8 Å². The van der Waals surface area contributed by atoms with Crippen LogP contribution < -0.4 is 10.6 Å². The lowest BCUT2D eigenvalue weighted by Crippen LogP contribution is -2.20. The molecule has 0 aliphatic heterocycles. The van der Waals surface area contributed by atoms with E-state index in [-0.39, 0.29) is 5.69 Å². The van der Waals surface area contributed by atoms with Crippen LogP contribution in [0, 0.1) is 6.92 Å². The van der Waals surface area contributed by atoms with E-state index < -0.39 is 12.0 Å². The highest BCUT2D eigenvalue weighted by atomic mass is 16.4. The molecule has 102 valence electrons. The number of aryl methyl sites for hydroxylation is 1. The molecule has 0 saturated heterocycles. The van der Waals surface area contributed by atoms with E-state index in [9.17, 15) is 9.59 Å². The number of carbonyl (C=O) groups is 2. The highest BCUT2D eigenvalue weighted by molar-refractivity contribution is 6.00. The molecule has 2 aromatic heterocycles. The monoisotopic (exact) mass is 272 g/mol. The van der Waals surface area contributed by atoms with E-state index in [2.05, 4.69) is 20.6 Å². The van der Waals surface area contributed by atoms with Crippen molar-refractivity contribution in [2.75, 3.05) is 10.6 Å². The third-order valence-corrected chi connectivity index (χ3v) is 2.53. The summed E-state index contributed by atoms with van der Waals surface area (Å²) in [5.74, 6) is -1.12. The second-order valence-corrected chi connectivity index (χ2v) is 4.01. The zero-order valence-corrected chi connectivity index (χ0v) is 10.6. The number of carbonyl (C=O) groups excluding carboxylic acids is 1. The highest BCUT2D eigenvalue weighted by Gasteiger charge is 2.07. The molecule has 7 nitrogen and oxygen atoms in total. The minimum atomic E-state index is -1.12. The topological polar surface area (TPSA) is 104 Å². The molecule has 0 aliphatic rings. The number of hydrogen-bond acceptors (Lipinski definition) is 4. The second-order valence-electron chi connectivity index (χ2n) is 4.01. The Bertz CT molecular complexity index is 640. The first-order valence-corrected chi connectivity index (χ1v) is 5.74. The summed E-state index contributed by atoms with van der Waals surface area (Å²) in [4.78, 5) is 30.0. The quantitative estimate of drug-likeness (QED) is 0.793. The third kappa shape index (κ3) is 3.29. The van der Waals surface area contributed by atoms with Crippen molar-refractivity contribution >= 4 is 23.4 Å². The minimum absolute atomic E-state index is 0.0842. The van der Waals surface area contributed by atoms with Crippen molar-refractivity contribution in [2.45, 2.75) is 6.92 Å². The summed E-state index contributed by atoms with van der Waals surface area (Å²) in [5.41, 5.74) is 1.79. The summed E-state index contributed by atoms with van der Waals surface area (Å²) >= 11 is 0. The van der Waals surface area contributed by atoms with Crippen molar-refractivity contribution in [3.8, 4) is 0 Å². The fourth-order valence-corrected chi connectivity index (χ4v) is 1.47. The molecule has 0 aromatic carbocycles. The van der Waals surface area contributed by atoms with Gasteiger partial charge >= 0.3 is 12.0 Å². The molecule has 0 spiro atoms. The van der Waals surface area contributed by atoms with Crippen LogP contribution in [-0.2, 0) is 0 Å². The first-order chi connectivity index (χ1) is 9.56. The van der Waals surface area contributed by atoms with Gasteiger partial charge in [-0.25, -0.2) is 14.6 Å². The normalized spacial score (nSPS) is 9.85. The molecular weight excluding hydrogens is 260 g/mol. The number of aromatic carboxylic acids is 1.